The van der Waals surface area contributed by atoms with Crippen LogP contribution in [-0.4, -0.2) is 4.57 Å². The summed E-state index contributed by atoms with van der Waals surface area (Å²) < 4.78 is 5.01. The van der Waals surface area contributed by atoms with Crippen molar-refractivity contribution in [2.75, 3.05) is 4.90 Å². The average Bonchev–Trinajstić information content (AvgIpc) is 3.71. The Morgan fingerprint density at radius 1 is 0.429 bits per heavy atom. The quantitative estimate of drug-likeness (QED) is 0.181. The van der Waals surface area contributed by atoms with Crippen LogP contribution in [0.25, 0.3) is 69.6 Å². The van der Waals surface area contributed by atoms with Gasteiger partial charge in [0.2, 0.25) is 0 Å². The number of fused-ring (bicyclic) bond motifs is 7. The fourth-order valence-corrected chi connectivity index (χ4v) is 8.77. The molecule has 49 heavy (non-hydrogen) atoms. The molecule has 0 radical (unpaired) electrons. The fourth-order valence-electron chi connectivity index (χ4n) is 7.53. The summed E-state index contributed by atoms with van der Waals surface area (Å²) in [6, 6.07) is 66.2. The summed E-state index contributed by atoms with van der Waals surface area (Å²) in [6.07, 6.45) is 0. The molecule has 2 aromatic heterocycles. The van der Waals surface area contributed by atoms with Crippen LogP contribution in [0.2, 0.25) is 0 Å². The lowest BCUT2D eigenvalue weighted by Crippen LogP contribution is -2.12. The van der Waals surface area contributed by atoms with E-state index in [1.165, 1.54) is 69.6 Å². The second kappa shape index (κ2) is 11.2. The van der Waals surface area contributed by atoms with Gasteiger partial charge in [-0.05, 0) is 76.5 Å². The number of thiophene rings is 1. The lowest BCUT2D eigenvalue weighted by molar-refractivity contribution is 1.17. The number of hydrogen-bond acceptors (Lipinski definition) is 2. The minimum absolute atomic E-state index is 1.12. The molecule has 2 heterocycles. The topological polar surface area (TPSA) is 8.17 Å². The molecule has 0 N–H and O–H groups in total. The van der Waals surface area contributed by atoms with E-state index in [-0.39, 0.29) is 0 Å². The lowest BCUT2D eigenvalue weighted by atomic mass is 10.0. The standard InChI is InChI=1S/C46H30N2S/c1-3-14-31(15-4-1)32-18-11-21-36(28-32)47(43-27-13-24-39-40-29-33-16-7-8-17-34(33)30-44(40)49-46(39)43)42-26-12-23-38-37-22-9-10-25-41(37)48(45(38)42)35-19-5-2-6-20-35/h1-30H. The minimum atomic E-state index is 1.12. The van der Waals surface area contributed by atoms with Crippen LogP contribution in [0.4, 0.5) is 17.1 Å². The van der Waals surface area contributed by atoms with E-state index in [4.69, 9.17) is 0 Å². The number of aromatic nitrogens is 1. The summed E-state index contributed by atoms with van der Waals surface area (Å²) in [5, 5.41) is 7.60. The Bertz CT molecular complexity index is 2830. The molecule has 2 nitrogen and oxygen atoms in total. The van der Waals surface area contributed by atoms with Crippen LogP contribution in [0.5, 0.6) is 0 Å². The van der Waals surface area contributed by atoms with E-state index >= 15 is 0 Å². The second-order valence-electron chi connectivity index (χ2n) is 12.6. The Hall–Kier alpha value is -6.16. The molecule has 10 aromatic rings. The maximum Gasteiger partial charge on any atom is 0.0782 e. The van der Waals surface area contributed by atoms with E-state index < -0.39 is 0 Å². The molecule has 10 rings (SSSR count). The molecule has 0 spiro atoms. The van der Waals surface area contributed by atoms with Gasteiger partial charge in [-0.3, -0.25) is 0 Å². The predicted octanol–water partition coefficient (Wildman–Crippen LogP) is 13.4. The molecule has 0 saturated carbocycles. The highest BCUT2D eigenvalue weighted by atomic mass is 32.1. The molecule has 0 saturated heterocycles. The van der Waals surface area contributed by atoms with Crippen LogP contribution >= 0.6 is 11.3 Å². The first-order valence-electron chi connectivity index (χ1n) is 16.7. The Morgan fingerprint density at radius 3 is 1.90 bits per heavy atom. The molecule has 230 valence electrons. The van der Waals surface area contributed by atoms with E-state index in [0.717, 1.165) is 17.1 Å². The first-order chi connectivity index (χ1) is 24.3. The number of rotatable bonds is 5. The highest BCUT2D eigenvalue weighted by Gasteiger charge is 2.24. The molecule has 0 amide bonds. The number of para-hydroxylation sites is 3. The fraction of sp³-hybridized carbons (Fsp3) is 0. The molecule has 8 aromatic carbocycles. The monoisotopic (exact) mass is 642 g/mol. The van der Waals surface area contributed by atoms with Crippen molar-refractivity contribution < 1.29 is 0 Å². The van der Waals surface area contributed by atoms with Gasteiger partial charge in [-0.2, -0.15) is 0 Å². The molecule has 0 unspecified atom stereocenters. The van der Waals surface area contributed by atoms with Gasteiger partial charge < -0.3 is 9.47 Å². The third-order valence-electron chi connectivity index (χ3n) is 9.73. The van der Waals surface area contributed by atoms with E-state index in [1.54, 1.807) is 0 Å². The summed E-state index contributed by atoms with van der Waals surface area (Å²) in [6.45, 7) is 0. The van der Waals surface area contributed by atoms with Gasteiger partial charge in [-0.25, -0.2) is 0 Å². The maximum atomic E-state index is 2.49. The number of nitrogens with zero attached hydrogens (tertiary/aromatic N) is 2. The van der Waals surface area contributed by atoms with E-state index in [9.17, 15) is 0 Å². The van der Waals surface area contributed by atoms with Gasteiger partial charge in [0.25, 0.3) is 0 Å². The zero-order valence-corrected chi connectivity index (χ0v) is 27.4. The van der Waals surface area contributed by atoms with Gasteiger partial charge in [-0.1, -0.05) is 127 Å². The molecule has 0 aliphatic carbocycles. The van der Waals surface area contributed by atoms with Crippen molar-refractivity contribution in [2.45, 2.75) is 0 Å². The van der Waals surface area contributed by atoms with Crippen LogP contribution in [0.3, 0.4) is 0 Å². The third kappa shape index (κ3) is 4.47. The molecular formula is C46H30N2S. The zero-order chi connectivity index (χ0) is 32.3. The van der Waals surface area contributed by atoms with Crippen LogP contribution in [0.1, 0.15) is 0 Å². The van der Waals surface area contributed by atoms with Crippen molar-refractivity contribution in [3.63, 3.8) is 0 Å². The number of anilines is 3. The van der Waals surface area contributed by atoms with E-state index in [2.05, 4.69) is 191 Å². The van der Waals surface area contributed by atoms with Gasteiger partial charge in [0.15, 0.2) is 0 Å². The van der Waals surface area contributed by atoms with Crippen LogP contribution in [0.15, 0.2) is 182 Å². The molecule has 0 bridgehead atoms. The molecule has 0 atom stereocenters. The average molecular weight is 643 g/mol. The van der Waals surface area contributed by atoms with Gasteiger partial charge in [-0.15, -0.1) is 11.3 Å². The van der Waals surface area contributed by atoms with Crippen molar-refractivity contribution in [1.29, 1.82) is 0 Å². The smallest absolute Gasteiger partial charge is 0.0782 e. The third-order valence-corrected chi connectivity index (χ3v) is 10.9. The predicted molar refractivity (Wildman–Crippen MR) is 211 cm³/mol. The van der Waals surface area contributed by atoms with E-state index in [0.29, 0.717) is 0 Å². The van der Waals surface area contributed by atoms with Crippen molar-refractivity contribution >= 4 is 81.1 Å². The van der Waals surface area contributed by atoms with Gasteiger partial charge in [0, 0.05) is 37.6 Å². The molecular weight excluding hydrogens is 613 g/mol. The summed E-state index contributed by atoms with van der Waals surface area (Å²) >= 11 is 1.88. The maximum absolute atomic E-state index is 2.49. The molecule has 0 aliphatic heterocycles. The highest BCUT2D eigenvalue weighted by Crippen LogP contribution is 2.48. The SMILES string of the molecule is c1ccc(-c2cccc(N(c3cccc4c3sc3cc5ccccc5cc34)c3cccc4c5ccccc5n(-c5ccccc5)c34)c2)cc1. The normalized spacial score (nSPS) is 11.7. The molecule has 0 fully saturated rings. The first-order valence-corrected chi connectivity index (χ1v) is 17.5. The highest BCUT2D eigenvalue weighted by molar-refractivity contribution is 7.26. The summed E-state index contributed by atoms with van der Waals surface area (Å²) in [7, 11) is 0. The van der Waals surface area contributed by atoms with Gasteiger partial charge in [0.05, 0.1) is 27.1 Å². The van der Waals surface area contributed by atoms with Gasteiger partial charge in [0.1, 0.15) is 0 Å². The van der Waals surface area contributed by atoms with Crippen LogP contribution in [-0.2, 0) is 0 Å². The second-order valence-corrected chi connectivity index (χ2v) is 13.6. The lowest BCUT2D eigenvalue weighted by Gasteiger charge is -2.28. The molecule has 3 heteroatoms. The van der Waals surface area contributed by atoms with Crippen molar-refractivity contribution in [3.8, 4) is 16.8 Å². The number of benzene rings is 8. The minimum Gasteiger partial charge on any atom is -0.307 e. The molecule has 0 aliphatic rings. The Kier molecular flexibility index (Phi) is 6.39. The summed E-state index contributed by atoms with van der Waals surface area (Å²) in [5.41, 5.74) is 9.34. The van der Waals surface area contributed by atoms with Gasteiger partial charge >= 0.3 is 0 Å². The van der Waals surface area contributed by atoms with Crippen LogP contribution < -0.4 is 4.90 Å². The van der Waals surface area contributed by atoms with Crippen molar-refractivity contribution in [3.05, 3.63) is 182 Å². The summed E-state index contributed by atoms with van der Waals surface area (Å²) in [4.78, 5) is 2.49. The first kappa shape index (κ1) is 27.9. The Morgan fingerprint density at radius 2 is 1.06 bits per heavy atom. The van der Waals surface area contributed by atoms with E-state index in [1.807, 2.05) is 11.3 Å². The van der Waals surface area contributed by atoms with Crippen molar-refractivity contribution in [2.24, 2.45) is 0 Å². The van der Waals surface area contributed by atoms with Crippen LogP contribution in [0, 0.1) is 0 Å². The largest absolute Gasteiger partial charge is 0.307 e. The zero-order valence-electron chi connectivity index (χ0n) is 26.6. The Balaban J connectivity index is 1.32. The summed E-state index contributed by atoms with van der Waals surface area (Å²) in [5.74, 6) is 0. The Labute approximate surface area is 288 Å². The number of hydrogen-bond donors (Lipinski definition) is 0. The van der Waals surface area contributed by atoms with Crippen molar-refractivity contribution in [1.82, 2.24) is 4.57 Å².